The highest BCUT2D eigenvalue weighted by atomic mass is 16.1. The summed E-state index contributed by atoms with van der Waals surface area (Å²) in [5.74, 6) is -0.750. The second-order valence-corrected chi connectivity index (χ2v) is 6.72. The number of carbonyl (C=O) groups is 1. The molecule has 0 saturated carbocycles. The third-order valence-electron chi connectivity index (χ3n) is 4.88. The van der Waals surface area contributed by atoms with Crippen LogP contribution in [0.15, 0.2) is 71.7 Å². The monoisotopic (exact) mass is 384 g/mol. The average Bonchev–Trinajstić information content (AvgIpc) is 3.31. The Labute approximate surface area is 164 Å². The van der Waals surface area contributed by atoms with Gasteiger partial charge >= 0.3 is 0 Å². The van der Waals surface area contributed by atoms with Crippen LogP contribution in [0.2, 0.25) is 0 Å². The Bertz CT molecular complexity index is 1410. The predicted octanol–water partition coefficient (Wildman–Crippen LogP) is 2.19. The number of nitrogens with two attached hydrogens (primary N) is 1. The van der Waals surface area contributed by atoms with Crippen molar-refractivity contribution in [1.82, 2.24) is 24.4 Å². The van der Waals surface area contributed by atoms with Gasteiger partial charge in [0.15, 0.2) is 11.3 Å². The van der Waals surface area contributed by atoms with Crippen LogP contribution >= 0.6 is 0 Å². The Morgan fingerprint density at radius 3 is 2.38 bits per heavy atom. The van der Waals surface area contributed by atoms with Crippen LogP contribution in [-0.4, -0.2) is 30.3 Å². The molecule has 0 bridgehead atoms. The highest BCUT2D eigenvalue weighted by Gasteiger charge is 2.22. The van der Waals surface area contributed by atoms with E-state index in [0.29, 0.717) is 17.6 Å². The first-order chi connectivity index (χ1) is 14.1. The summed E-state index contributed by atoms with van der Waals surface area (Å²) in [6, 6.07) is 19.6. The van der Waals surface area contributed by atoms with Gasteiger partial charge in [0.25, 0.3) is 11.5 Å². The lowest BCUT2D eigenvalue weighted by molar-refractivity contribution is 0.0997. The molecule has 0 fully saturated rings. The Balaban J connectivity index is 1.87. The molecule has 8 nitrogen and oxygen atoms in total. The van der Waals surface area contributed by atoms with E-state index in [2.05, 4.69) is 15.3 Å². The van der Waals surface area contributed by atoms with E-state index in [1.165, 1.54) is 0 Å². The molecule has 1 amide bonds. The molecular weight excluding hydrogens is 368 g/mol. The second-order valence-electron chi connectivity index (χ2n) is 6.72. The molecule has 0 saturated heterocycles. The molecule has 142 valence electrons. The van der Waals surface area contributed by atoms with Crippen LogP contribution < -0.4 is 11.3 Å². The van der Waals surface area contributed by atoms with Gasteiger partial charge in [0.2, 0.25) is 0 Å². The number of aromatic amines is 1. The molecule has 0 spiro atoms. The van der Waals surface area contributed by atoms with Gasteiger partial charge in [-0.1, -0.05) is 60.7 Å². The summed E-state index contributed by atoms with van der Waals surface area (Å²) in [4.78, 5) is 28.8. The van der Waals surface area contributed by atoms with Crippen molar-refractivity contribution in [2.45, 2.75) is 6.54 Å². The lowest BCUT2D eigenvalue weighted by Gasteiger charge is -2.05. The molecule has 0 aliphatic rings. The van der Waals surface area contributed by atoms with E-state index >= 15 is 0 Å². The van der Waals surface area contributed by atoms with Gasteiger partial charge in [-0.05, 0) is 11.1 Å². The second kappa shape index (κ2) is 6.45. The molecule has 0 radical (unpaired) electrons. The zero-order valence-electron chi connectivity index (χ0n) is 15.2. The Kier molecular flexibility index (Phi) is 3.77. The van der Waals surface area contributed by atoms with Gasteiger partial charge in [-0.15, -0.1) is 5.10 Å². The maximum absolute atomic E-state index is 13.0. The van der Waals surface area contributed by atoms with E-state index in [1.807, 2.05) is 71.4 Å². The first kappa shape index (κ1) is 16.9. The highest BCUT2D eigenvalue weighted by molar-refractivity contribution is 5.99. The fourth-order valence-corrected chi connectivity index (χ4v) is 3.61. The average molecular weight is 384 g/mol. The third-order valence-corrected chi connectivity index (χ3v) is 4.88. The normalized spacial score (nSPS) is 11.3. The Hall–Kier alpha value is -4.20. The number of H-pyrrole nitrogens is 1. The van der Waals surface area contributed by atoms with Gasteiger partial charge in [-0.25, -0.2) is 9.73 Å². The van der Waals surface area contributed by atoms with Crippen molar-refractivity contribution in [2.75, 3.05) is 0 Å². The van der Waals surface area contributed by atoms with Crippen molar-refractivity contribution in [3.05, 3.63) is 88.5 Å². The summed E-state index contributed by atoms with van der Waals surface area (Å²) in [5, 5.41) is 6.75. The molecule has 0 aliphatic carbocycles. The van der Waals surface area contributed by atoms with Crippen molar-refractivity contribution in [2.24, 2.45) is 5.73 Å². The fraction of sp³-hybridized carbons (Fsp3) is 0.0476. The van der Waals surface area contributed by atoms with Gasteiger partial charge in [0.05, 0.1) is 0 Å². The predicted molar refractivity (Wildman–Crippen MR) is 109 cm³/mol. The quantitative estimate of drug-likeness (QED) is 0.495. The largest absolute Gasteiger partial charge is 0.364 e. The molecule has 5 rings (SSSR count). The summed E-state index contributed by atoms with van der Waals surface area (Å²) in [5.41, 5.74) is 8.82. The van der Waals surface area contributed by atoms with Gasteiger partial charge in [0.1, 0.15) is 11.0 Å². The van der Waals surface area contributed by atoms with Crippen molar-refractivity contribution >= 4 is 22.6 Å². The van der Waals surface area contributed by atoms with Crippen LogP contribution in [0.1, 0.15) is 16.1 Å². The fourth-order valence-electron chi connectivity index (χ4n) is 3.61. The first-order valence-electron chi connectivity index (χ1n) is 9.02. The van der Waals surface area contributed by atoms with Crippen LogP contribution in [0.4, 0.5) is 0 Å². The SMILES string of the molecule is NC(=O)c1n[nH]n2c1nc(=O)c1c2c(-c2ccccc2)cn1Cc1ccccc1. The van der Waals surface area contributed by atoms with Crippen molar-refractivity contribution in [1.29, 1.82) is 0 Å². The maximum atomic E-state index is 13.0. The van der Waals surface area contributed by atoms with Gasteiger partial charge < -0.3 is 10.3 Å². The summed E-state index contributed by atoms with van der Waals surface area (Å²) in [6.45, 7) is 0.504. The number of fused-ring (bicyclic) bond motifs is 3. The Morgan fingerprint density at radius 2 is 1.69 bits per heavy atom. The number of aromatic nitrogens is 5. The summed E-state index contributed by atoms with van der Waals surface area (Å²) < 4.78 is 3.42. The number of nitrogens with one attached hydrogen (secondary N) is 1. The standard InChI is InChI=1S/C21H16N6O2/c22-19(28)16-20-23-21(29)18-17(27(20)25-24-16)15(14-9-5-2-6-10-14)12-26(18)11-13-7-3-1-4-8-13/h1-10,12,25H,11H2,(H2,22,28). The first-order valence-corrected chi connectivity index (χ1v) is 9.02. The minimum Gasteiger partial charge on any atom is -0.364 e. The molecule has 3 heterocycles. The molecule has 0 aliphatic heterocycles. The molecule has 0 atom stereocenters. The molecule has 0 unspecified atom stereocenters. The Morgan fingerprint density at radius 1 is 1.00 bits per heavy atom. The third kappa shape index (κ3) is 2.69. The molecular formula is C21H16N6O2. The lowest BCUT2D eigenvalue weighted by Crippen LogP contribution is -2.17. The summed E-state index contributed by atoms with van der Waals surface area (Å²) in [7, 11) is 0. The minimum absolute atomic E-state index is 0.0705. The molecule has 3 aromatic heterocycles. The van der Waals surface area contributed by atoms with E-state index in [-0.39, 0.29) is 11.3 Å². The van der Waals surface area contributed by atoms with E-state index in [1.54, 1.807) is 4.52 Å². The number of primary amides is 1. The van der Waals surface area contributed by atoms with Crippen LogP contribution in [0, 0.1) is 0 Å². The number of hydrogen-bond acceptors (Lipinski definition) is 4. The lowest BCUT2D eigenvalue weighted by atomic mass is 10.1. The van der Waals surface area contributed by atoms with E-state index < -0.39 is 11.5 Å². The van der Waals surface area contributed by atoms with Crippen LogP contribution in [-0.2, 0) is 6.54 Å². The number of benzene rings is 2. The maximum Gasteiger partial charge on any atom is 0.297 e. The van der Waals surface area contributed by atoms with E-state index in [9.17, 15) is 9.59 Å². The van der Waals surface area contributed by atoms with Gasteiger partial charge in [-0.2, -0.15) is 4.98 Å². The number of rotatable bonds is 4. The van der Waals surface area contributed by atoms with Crippen LogP contribution in [0.5, 0.6) is 0 Å². The number of nitrogens with zero attached hydrogens (tertiary/aromatic N) is 4. The van der Waals surface area contributed by atoms with E-state index in [4.69, 9.17) is 5.73 Å². The molecule has 29 heavy (non-hydrogen) atoms. The molecule has 5 aromatic rings. The molecule has 3 N–H and O–H groups in total. The topological polar surface area (TPSA) is 111 Å². The van der Waals surface area contributed by atoms with Gasteiger partial charge in [0, 0.05) is 18.3 Å². The molecule has 8 heteroatoms. The highest BCUT2D eigenvalue weighted by Crippen LogP contribution is 2.29. The van der Waals surface area contributed by atoms with Crippen molar-refractivity contribution in [3.63, 3.8) is 0 Å². The van der Waals surface area contributed by atoms with Crippen LogP contribution in [0.3, 0.4) is 0 Å². The smallest absolute Gasteiger partial charge is 0.297 e. The van der Waals surface area contributed by atoms with Crippen LogP contribution in [0.25, 0.3) is 27.8 Å². The van der Waals surface area contributed by atoms with Gasteiger partial charge in [-0.3, -0.25) is 9.59 Å². The zero-order valence-corrected chi connectivity index (χ0v) is 15.2. The zero-order chi connectivity index (χ0) is 20.0. The number of amides is 1. The number of carbonyl (C=O) groups excluding carboxylic acids is 1. The van der Waals surface area contributed by atoms with Crippen molar-refractivity contribution < 1.29 is 4.79 Å². The molecule has 2 aromatic carbocycles. The van der Waals surface area contributed by atoms with E-state index in [0.717, 1.165) is 16.7 Å². The summed E-state index contributed by atoms with van der Waals surface area (Å²) in [6.07, 6.45) is 1.92. The number of hydrogen-bond donors (Lipinski definition) is 2. The van der Waals surface area contributed by atoms with Crippen molar-refractivity contribution in [3.8, 4) is 11.1 Å². The minimum atomic E-state index is -0.750. The summed E-state index contributed by atoms with van der Waals surface area (Å²) >= 11 is 0.